The fraction of sp³-hybridized carbons (Fsp3) is 0.364. The van der Waals surface area contributed by atoms with Crippen LogP contribution in [0.1, 0.15) is 31.7 Å². The number of ketones is 1. The molecule has 162 valence electrons. The van der Waals surface area contributed by atoms with Crippen molar-refractivity contribution < 1.29 is 33.4 Å². The minimum absolute atomic E-state index is 0.0270. The molecule has 1 atom stereocenters. The lowest BCUT2D eigenvalue weighted by atomic mass is 9.64. The van der Waals surface area contributed by atoms with Crippen LogP contribution in [0.25, 0.3) is 0 Å². The summed E-state index contributed by atoms with van der Waals surface area (Å²) in [6.07, 6.45) is 1.17. The second-order valence-corrected chi connectivity index (χ2v) is 7.37. The number of rotatable bonds is 4. The molecule has 1 aromatic carbocycles. The molecule has 1 aliphatic carbocycles. The maximum Gasteiger partial charge on any atom is 0.339 e. The molecule has 0 saturated carbocycles. The number of hydrogen-bond acceptors (Lipinski definition) is 9. The molecular weight excluding hydrogens is 404 g/mol. The van der Waals surface area contributed by atoms with Gasteiger partial charge in [0.2, 0.25) is 0 Å². The van der Waals surface area contributed by atoms with Gasteiger partial charge in [0.25, 0.3) is 0 Å². The van der Waals surface area contributed by atoms with Gasteiger partial charge in [0, 0.05) is 24.1 Å². The Morgan fingerprint density at radius 1 is 1.23 bits per heavy atom. The predicted molar refractivity (Wildman–Crippen MR) is 107 cm³/mol. The number of para-hydroxylation sites is 1. The van der Waals surface area contributed by atoms with Crippen LogP contribution in [0, 0.1) is 0 Å². The molecular formula is C22H22N2O7. The van der Waals surface area contributed by atoms with Crippen molar-refractivity contribution in [2.45, 2.75) is 31.6 Å². The highest BCUT2D eigenvalue weighted by Gasteiger charge is 2.63. The first-order valence-electron chi connectivity index (χ1n) is 9.98. The highest BCUT2D eigenvalue weighted by Crippen LogP contribution is 2.55. The van der Waals surface area contributed by atoms with Gasteiger partial charge in [0.1, 0.15) is 23.7 Å². The molecule has 0 fully saturated rings. The third-order valence-electron chi connectivity index (χ3n) is 5.78. The maximum atomic E-state index is 13.5. The van der Waals surface area contributed by atoms with Gasteiger partial charge in [-0.3, -0.25) is 9.59 Å². The molecule has 2 heterocycles. The SMILES string of the molecule is CCOC(=O)C1=C(N)N(CC(=O)OC)c2ccccc2[C@]12C(=O)OC1=C2C(=O)CCC1. The second-order valence-electron chi connectivity index (χ2n) is 7.37. The van der Waals surface area contributed by atoms with Crippen LogP contribution in [-0.4, -0.2) is 44.0 Å². The lowest BCUT2D eigenvalue weighted by Gasteiger charge is -2.41. The molecule has 0 amide bonds. The van der Waals surface area contributed by atoms with Crippen molar-refractivity contribution >= 4 is 29.4 Å². The number of fused-ring (bicyclic) bond motifs is 3. The number of hydrogen-bond donors (Lipinski definition) is 1. The monoisotopic (exact) mass is 426 g/mol. The lowest BCUT2D eigenvalue weighted by molar-refractivity contribution is -0.146. The van der Waals surface area contributed by atoms with Crippen LogP contribution in [-0.2, 0) is 38.8 Å². The number of Topliss-reactive ketones (excluding diaryl/α,β-unsaturated/α-hetero) is 1. The van der Waals surface area contributed by atoms with E-state index in [0.29, 0.717) is 24.1 Å². The topological polar surface area (TPSA) is 125 Å². The van der Waals surface area contributed by atoms with Crippen LogP contribution >= 0.6 is 0 Å². The summed E-state index contributed by atoms with van der Waals surface area (Å²) < 4.78 is 15.5. The van der Waals surface area contributed by atoms with Crippen molar-refractivity contribution in [3.05, 3.63) is 52.6 Å². The van der Waals surface area contributed by atoms with E-state index >= 15 is 0 Å². The number of carbonyl (C=O) groups excluding carboxylic acids is 4. The van der Waals surface area contributed by atoms with E-state index in [9.17, 15) is 19.2 Å². The largest absolute Gasteiger partial charge is 0.468 e. The quantitative estimate of drug-likeness (QED) is 0.559. The van der Waals surface area contributed by atoms with Crippen LogP contribution in [0.2, 0.25) is 0 Å². The Morgan fingerprint density at radius 3 is 2.68 bits per heavy atom. The molecule has 0 aromatic heterocycles. The van der Waals surface area contributed by atoms with Gasteiger partial charge >= 0.3 is 17.9 Å². The minimum Gasteiger partial charge on any atom is -0.468 e. The van der Waals surface area contributed by atoms with Crippen LogP contribution in [0.3, 0.4) is 0 Å². The zero-order chi connectivity index (χ0) is 22.3. The average molecular weight is 426 g/mol. The highest BCUT2D eigenvalue weighted by atomic mass is 16.6. The zero-order valence-electron chi connectivity index (χ0n) is 17.2. The number of allylic oxidation sites excluding steroid dienone is 1. The normalized spacial score (nSPS) is 22.3. The molecule has 9 nitrogen and oxygen atoms in total. The number of esters is 3. The molecule has 0 bridgehead atoms. The van der Waals surface area contributed by atoms with E-state index in [1.165, 1.54) is 12.0 Å². The summed E-state index contributed by atoms with van der Waals surface area (Å²) >= 11 is 0. The molecule has 2 N–H and O–H groups in total. The Bertz CT molecular complexity index is 1070. The first-order valence-corrected chi connectivity index (χ1v) is 9.98. The van der Waals surface area contributed by atoms with Crippen molar-refractivity contribution in [2.75, 3.05) is 25.2 Å². The van der Waals surface area contributed by atoms with E-state index in [-0.39, 0.29) is 48.1 Å². The Hall–Kier alpha value is -3.62. The van der Waals surface area contributed by atoms with Crippen LogP contribution in [0.5, 0.6) is 0 Å². The fourth-order valence-corrected chi connectivity index (χ4v) is 4.54. The predicted octanol–water partition coefficient (Wildman–Crippen LogP) is 1.21. The molecule has 0 unspecified atom stereocenters. The van der Waals surface area contributed by atoms with E-state index in [1.807, 2.05) is 0 Å². The van der Waals surface area contributed by atoms with Gasteiger partial charge in [-0.15, -0.1) is 0 Å². The number of nitrogens with two attached hydrogens (primary N) is 1. The van der Waals surface area contributed by atoms with Crippen LogP contribution in [0.4, 0.5) is 5.69 Å². The van der Waals surface area contributed by atoms with Crippen molar-refractivity contribution in [2.24, 2.45) is 5.73 Å². The van der Waals surface area contributed by atoms with Gasteiger partial charge in [-0.1, -0.05) is 18.2 Å². The van der Waals surface area contributed by atoms with E-state index < -0.39 is 23.3 Å². The molecule has 2 aliphatic heterocycles. The van der Waals surface area contributed by atoms with Gasteiger partial charge in [0.15, 0.2) is 11.2 Å². The molecule has 31 heavy (non-hydrogen) atoms. The number of benzene rings is 1. The first-order chi connectivity index (χ1) is 14.9. The van der Waals surface area contributed by atoms with E-state index in [2.05, 4.69) is 0 Å². The van der Waals surface area contributed by atoms with E-state index in [1.54, 1.807) is 31.2 Å². The van der Waals surface area contributed by atoms with Gasteiger partial charge in [-0.2, -0.15) is 0 Å². The Kier molecular flexibility index (Phi) is 5.04. The molecule has 4 rings (SSSR count). The second kappa shape index (κ2) is 7.57. The minimum atomic E-state index is -1.84. The van der Waals surface area contributed by atoms with Gasteiger partial charge in [-0.05, 0) is 19.4 Å². The van der Waals surface area contributed by atoms with Crippen molar-refractivity contribution in [1.29, 1.82) is 0 Å². The average Bonchev–Trinajstić information content (AvgIpc) is 3.04. The maximum absolute atomic E-state index is 13.5. The van der Waals surface area contributed by atoms with Crippen LogP contribution in [0.15, 0.2) is 47.0 Å². The number of anilines is 1. The fourth-order valence-electron chi connectivity index (χ4n) is 4.54. The third-order valence-corrected chi connectivity index (χ3v) is 5.78. The summed E-state index contributed by atoms with van der Waals surface area (Å²) in [5, 5.41) is 0. The lowest BCUT2D eigenvalue weighted by Crippen LogP contribution is -2.51. The summed E-state index contributed by atoms with van der Waals surface area (Å²) in [4.78, 5) is 53.1. The number of ether oxygens (including phenoxy) is 3. The van der Waals surface area contributed by atoms with Gasteiger partial charge in [-0.25, -0.2) is 9.59 Å². The van der Waals surface area contributed by atoms with Gasteiger partial charge in [0.05, 0.1) is 19.3 Å². The summed E-state index contributed by atoms with van der Waals surface area (Å²) in [6.45, 7) is 1.35. The van der Waals surface area contributed by atoms with Crippen molar-refractivity contribution in [1.82, 2.24) is 0 Å². The highest BCUT2D eigenvalue weighted by molar-refractivity contribution is 6.18. The van der Waals surface area contributed by atoms with Crippen molar-refractivity contribution in [3.8, 4) is 0 Å². The Balaban J connectivity index is 2.07. The summed E-state index contributed by atoms with van der Waals surface area (Å²) in [5.41, 5.74) is 5.22. The smallest absolute Gasteiger partial charge is 0.339 e. The summed E-state index contributed by atoms with van der Waals surface area (Å²) in [5.74, 6) is -2.41. The summed E-state index contributed by atoms with van der Waals surface area (Å²) in [6, 6.07) is 6.68. The van der Waals surface area contributed by atoms with E-state index in [0.717, 1.165) is 0 Å². The van der Waals surface area contributed by atoms with Crippen LogP contribution < -0.4 is 10.6 Å². The molecule has 0 radical (unpaired) electrons. The molecule has 3 aliphatic rings. The zero-order valence-corrected chi connectivity index (χ0v) is 17.2. The molecule has 1 spiro atoms. The molecule has 1 aromatic rings. The number of methoxy groups -OCH3 is 1. The number of carbonyl (C=O) groups is 4. The Labute approximate surface area is 178 Å². The van der Waals surface area contributed by atoms with E-state index in [4.69, 9.17) is 19.9 Å². The third kappa shape index (κ3) is 2.83. The standard InChI is InChI=1S/C22H22N2O7/c1-3-30-20(27)18-19(23)24(11-16(26)29-2)13-8-5-4-7-12(13)22(18)17-14(25)9-6-10-15(17)31-21(22)28/h4-5,7-8H,3,6,9-11,23H2,1-2H3/t22-/m1/s1. The first kappa shape index (κ1) is 20.6. The van der Waals surface area contributed by atoms with Gasteiger partial charge < -0.3 is 24.8 Å². The molecule has 9 heteroatoms. The van der Waals surface area contributed by atoms with Crippen molar-refractivity contribution in [3.63, 3.8) is 0 Å². The Morgan fingerprint density at radius 2 is 1.97 bits per heavy atom. The molecule has 0 saturated heterocycles. The summed E-state index contributed by atoms with van der Waals surface area (Å²) in [7, 11) is 1.23. The number of nitrogens with zero attached hydrogens (tertiary/aromatic N) is 1.